The number of nitrogens with zero attached hydrogens (tertiary/aromatic N) is 2. The summed E-state index contributed by atoms with van der Waals surface area (Å²) in [5.41, 5.74) is 4.69. The van der Waals surface area contributed by atoms with Gasteiger partial charge in [0, 0.05) is 24.8 Å². The Balaban J connectivity index is 1.59. The van der Waals surface area contributed by atoms with Crippen LogP contribution in [0.25, 0.3) is 11.3 Å². The molecule has 5 rings (SSSR count). The van der Waals surface area contributed by atoms with Crippen LogP contribution in [0.1, 0.15) is 41.9 Å². The fraction of sp³-hybridized carbons (Fsp3) is 0.385. The smallest absolute Gasteiger partial charge is 0.264 e. The second kappa shape index (κ2) is 9.35. The molecule has 2 aliphatic heterocycles. The van der Waals surface area contributed by atoms with Gasteiger partial charge >= 0.3 is 0 Å². The molecule has 0 amide bonds. The average molecular weight is 480 g/mol. The van der Waals surface area contributed by atoms with E-state index in [1.54, 1.807) is 18.2 Å². The van der Waals surface area contributed by atoms with Gasteiger partial charge in [-0.3, -0.25) is 0 Å². The molecule has 2 aromatic carbocycles. The quantitative estimate of drug-likeness (QED) is 0.565. The van der Waals surface area contributed by atoms with Crippen LogP contribution in [0.5, 0.6) is 5.88 Å². The lowest BCUT2D eigenvalue weighted by Gasteiger charge is -2.31. The Morgan fingerprint density at radius 3 is 2.41 bits per heavy atom. The summed E-state index contributed by atoms with van der Waals surface area (Å²) in [6.45, 7) is 5.96. The molecule has 7 nitrogen and oxygen atoms in total. The molecule has 0 saturated carbocycles. The number of ether oxygens (including phenoxy) is 2. The summed E-state index contributed by atoms with van der Waals surface area (Å²) < 4.78 is 40.8. The second-order valence-electron chi connectivity index (χ2n) is 9.05. The summed E-state index contributed by atoms with van der Waals surface area (Å²) in [4.78, 5) is 9.15. The highest BCUT2D eigenvalue weighted by molar-refractivity contribution is 7.92. The molecular formula is C26H29N3O4S. The van der Waals surface area contributed by atoms with E-state index in [9.17, 15) is 8.42 Å². The van der Waals surface area contributed by atoms with Crippen LogP contribution in [0.3, 0.4) is 0 Å². The fourth-order valence-electron chi connectivity index (χ4n) is 5.07. The molecule has 2 aliphatic rings. The van der Waals surface area contributed by atoms with Gasteiger partial charge < -0.3 is 9.47 Å². The Hall–Kier alpha value is -2.97. The highest BCUT2D eigenvalue weighted by Gasteiger charge is 2.28. The molecule has 1 saturated heterocycles. The van der Waals surface area contributed by atoms with Crippen molar-refractivity contribution < 1.29 is 17.9 Å². The van der Waals surface area contributed by atoms with Gasteiger partial charge in [0.05, 0.1) is 17.2 Å². The van der Waals surface area contributed by atoms with Crippen molar-refractivity contribution in [3.8, 4) is 17.1 Å². The predicted molar refractivity (Wildman–Crippen MR) is 131 cm³/mol. The van der Waals surface area contributed by atoms with Crippen molar-refractivity contribution in [3.05, 3.63) is 65.2 Å². The first kappa shape index (κ1) is 22.8. The van der Waals surface area contributed by atoms with Crippen LogP contribution in [-0.2, 0) is 14.8 Å². The number of hydrogen-bond donors (Lipinski definition) is 1. The highest BCUT2D eigenvalue weighted by atomic mass is 32.2. The molecule has 1 unspecified atom stereocenters. The Morgan fingerprint density at radius 2 is 1.65 bits per heavy atom. The largest absolute Gasteiger partial charge is 0.478 e. The molecule has 0 spiro atoms. The second-order valence-corrected chi connectivity index (χ2v) is 10.7. The van der Waals surface area contributed by atoms with Gasteiger partial charge in [-0.25, -0.2) is 18.1 Å². The molecule has 34 heavy (non-hydrogen) atoms. The van der Waals surface area contributed by atoms with E-state index >= 15 is 0 Å². The van der Waals surface area contributed by atoms with Crippen LogP contribution < -0.4 is 9.46 Å². The van der Waals surface area contributed by atoms with Crippen LogP contribution in [0, 0.1) is 19.8 Å². The lowest BCUT2D eigenvalue weighted by Crippen LogP contribution is -2.24. The van der Waals surface area contributed by atoms with E-state index in [2.05, 4.69) is 14.7 Å². The van der Waals surface area contributed by atoms with E-state index in [4.69, 9.17) is 9.47 Å². The third-order valence-electron chi connectivity index (χ3n) is 6.78. The van der Waals surface area contributed by atoms with Crippen molar-refractivity contribution >= 4 is 16.0 Å². The monoisotopic (exact) mass is 479 g/mol. The molecule has 3 heterocycles. The van der Waals surface area contributed by atoms with Crippen molar-refractivity contribution in [1.29, 1.82) is 0 Å². The number of rotatable bonds is 2. The SMILES string of the molecule is Cc1cccc(C)c1-c1cc2nc(n1)NS(=O)(=O)c1cccc(c1)C(C1CCOCC1)CCO2. The van der Waals surface area contributed by atoms with E-state index in [1.807, 2.05) is 44.2 Å². The van der Waals surface area contributed by atoms with Crippen molar-refractivity contribution in [2.75, 3.05) is 24.5 Å². The molecular weight excluding hydrogens is 450 g/mol. The van der Waals surface area contributed by atoms with Crippen LogP contribution in [0.15, 0.2) is 53.4 Å². The van der Waals surface area contributed by atoms with Gasteiger partial charge in [-0.2, -0.15) is 4.98 Å². The van der Waals surface area contributed by atoms with Crippen molar-refractivity contribution in [3.63, 3.8) is 0 Å². The Labute approximate surface area is 200 Å². The molecule has 4 bridgehead atoms. The number of nitrogens with one attached hydrogen (secondary N) is 1. The zero-order valence-electron chi connectivity index (χ0n) is 19.5. The molecule has 1 aromatic heterocycles. The van der Waals surface area contributed by atoms with Crippen molar-refractivity contribution in [2.45, 2.75) is 43.9 Å². The first-order chi connectivity index (χ1) is 16.4. The summed E-state index contributed by atoms with van der Waals surface area (Å²) in [6, 6.07) is 15.0. The zero-order valence-corrected chi connectivity index (χ0v) is 20.3. The van der Waals surface area contributed by atoms with E-state index in [-0.39, 0.29) is 16.8 Å². The minimum Gasteiger partial charge on any atom is -0.478 e. The Bertz CT molecular complexity index is 1280. The predicted octanol–water partition coefficient (Wildman–Crippen LogP) is 4.85. The lowest BCUT2D eigenvalue weighted by molar-refractivity contribution is 0.0548. The van der Waals surface area contributed by atoms with Crippen molar-refractivity contribution in [2.24, 2.45) is 5.92 Å². The molecule has 1 fully saturated rings. The number of fused-ring (bicyclic) bond motifs is 4. The maximum absolute atomic E-state index is 13.3. The van der Waals surface area contributed by atoms with Gasteiger partial charge in [-0.15, -0.1) is 0 Å². The van der Waals surface area contributed by atoms with Gasteiger partial charge in [0.2, 0.25) is 11.8 Å². The topological polar surface area (TPSA) is 90.4 Å². The number of sulfonamides is 1. The summed E-state index contributed by atoms with van der Waals surface area (Å²) >= 11 is 0. The number of anilines is 1. The summed E-state index contributed by atoms with van der Waals surface area (Å²) in [5.74, 6) is 0.956. The van der Waals surface area contributed by atoms with Gasteiger partial charge in [0.25, 0.3) is 10.0 Å². The maximum Gasteiger partial charge on any atom is 0.264 e. The molecule has 0 aliphatic carbocycles. The van der Waals surface area contributed by atoms with E-state index < -0.39 is 10.0 Å². The zero-order chi connectivity index (χ0) is 23.7. The fourth-order valence-corrected chi connectivity index (χ4v) is 6.06. The number of benzene rings is 2. The van der Waals surface area contributed by atoms with Gasteiger partial charge in [-0.1, -0.05) is 30.3 Å². The summed E-state index contributed by atoms with van der Waals surface area (Å²) in [7, 11) is -3.88. The summed E-state index contributed by atoms with van der Waals surface area (Å²) in [5, 5.41) is 0. The van der Waals surface area contributed by atoms with Crippen molar-refractivity contribution in [1.82, 2.24) is 9.97 Å². The Kier molecular flexibility index (Phi) is 6.27. The van der Waals surface area contributed by atoms with E-state index in [0.29, 0.717) is 24.1 Å². The van der Waals surface area contributed by atoms with Crippen LogP contribution in [-0.4, -0.2) is 38.2 Å². The normalized spacial score (nSPS) is 20.4. The van der Waals surface area contributed by atoms with E-state index in [1.165, 1.54) is 0 Å². The van der Waals surface area contributed by atoms with Gasteiger partial charge in [-0.05, 0) is 73.8 Å². The van der Waals surface area contributed by atoms with Crippen LogP contribution >= 0.6 is 0 Å². The number of aryl methyl sites for hydroxylation is 2. The first-order valence-corrected chi connectivity index (χ1v) is 13.2. The first-order valence-electron chi connectivity index (χ1n) is 11.7. The molecule has 178 valence electrons. The lowest BCUT2D eigenvalue weighted by atomic mass is 9.79. The Morgan fingerprint density at radius 1 is 0.912 bits per heavy atom. The molecule has 0 radical (unpaired) electrons. The standard InChI is InChI=1S/C26H29N3O4S/c1-17-5-3-6-18(2)25(17)23-16-24-28-26(27-23)29-34(30,31)21-8-4-7-20(15-21)22(11-14-33-24)19-9-12-32-13-10-19/h3-8,15-16,19,22H,9-14H2,1-2H3,(H,27,28,29). The molecule has 1 N–H and O–H groups in total. The minimum atomic E-state index is -3.88. The third kappa shape index (κ3) is 4.65. The minimum absolute atomic E-state index is 0.00195. The van der Waals surface area contributed by atoms with Gasteiger partial charge in [0.15, 0.2) is 0 Å². The van der Waals surface area contributed by atoms with Crippen LogP contribution in [0.2, 0.25) is 0 Å². The molecule has 8 heteroatoms. The number of hydrogen-bond acceptors (Lipinski definition) is 6. The van der Waals surface area contributed by atoms with Crippen LogP contribution in [0.4, 0.5) is 5.95 Å². The third-order valence-corrected chi connectivity index (χ3v) is 8.10. The number of aromatic nitrogens is 2. The summed E-state index contributed by atoms with van der Waals surface area (Å²) in [6.07, 6.45) is 2.67. The van der Waals surface area contributed by atoms with Gasteiger partial charge in [0.1, 0.15) is 0 Å². The maximum atomic E-state index is 13.3. The van der Waals surface area contributed by atoms with E-state index in [0.717, 1.165) is 54.7 Å². The average Bonchev–Trinajstić information content (AvgIpc) is 2.81. The molecule has 1 atom stereocenters. The molecule has 3 aromatic rings. The highest BCUT2D eigenvalue weighted by Crippen LogP contribution is 2.37.